The minimum atomic E-state index is -0.998. The number of ether oxygens (including phenoxy) is 1. The Labute approximate surface area is 326 Å². The van der Waals surface area contributed by atoms with E-state index in [0.29, 0.717) is 29.5 Å². The number of nitrogens with zero attached hydrogens (tertiary/aromatic N) is 6. The molecule has 0 radical (unpaired) electrons. The van der Waals surface area contributed by atoms with Gasteiger partial charge in [-0.2, -0.15) is 5.10 Å². The lowest BCUT2D eigenvalue weighted by molar-refractivity contribution is -0.247. The van der Waals surface area contributed by atoms with Crippen molar-refractivity contribution >= 4 is 50.0 Å². The number of aliphatic hydroxyl groups excluding tert-OH is 1. The molecule has 4 bridgehead atoms. The molecule has 13 heteroatoms. The lowest BCUT2D eigenvalue weighted by atomic mass is 9.39. The number of carboxylic acid groups (broad SMARTS) is 1. The molecule has 2 aromatic carbocycles. The Bertz CT molecular complexity index is 2180. The molecule has 0 amide bonds. The molecular formula is C42H52N8O4S. The van der Waals surface area contributed by atoms with Gasteiger partial charge in [0, 0.05) is 43.7 Å². The second-order valence-corrected chi connectivity index (χ2v) is 18.3. The number of hydrogen-bond donors (Lipinski definition) is 4. The van der Waals surface area contributed by atoms with E-state index in [0.717, 1.165) is 90.3 Å². The molecule has 4 atom stereocenters. The Hall–Kier alpha value is -4.43. The van der Waals surface area contributed by atoms with Gasteiger partial charge in [0.1, 0.15) is 0 Å². The third-order valence-electron chi connectivity index (χ3n) is 12.2. The maximum Gasteiger partial charge on any atom is 0.336 e. The summed E-state index contributed by atoms with van der Waals surface area (Å²) in [6.45, 7) is 12.2. The second kappa shape index (κ2) is 14.3. The molecule has 55 heavy (non-hydrogen) atoms. The van der Waals surface area contributed by atoms with Crippen molar-refractivity contribution in [2.75, 3.05) is 43.6 Å². The maximum atomic E-state index is 12.8. The van der Waals surface area contributed by atoms with Crippen LogP contribution < -0.4 is 15.5 Å². The lowest BCUT2D eigenvalue weighted by Crippen LogP contribution is -2.64. The van der Waals surface area contributed by atoms with Crippen molar-refractivity contribution < 1.29 is 19.7 Å². The Morgan fingerprint density at radius 1 is 0.982 bits per heavy atom. The van der Waals surface area contributed by atoms with Crippen LogP contribution in [0.15, 0.2) is 54.7 Å². The predicted molar refractivity (Wildman–Crippen MR) is 217 cm³/mol. The first kappa shape index (κ1) is 37.5. The standard InChI is InChI=1S/C42H52N8O4S/c1-27-17-35(47-48-36(27)46-38-45-33-9-6-7-10-34(33)55-38)49(5)29-11-12-30(31(18-29)37(52)53)32-19-44-50(28(32)2)26-41-21-39(3)20-40(4,22-41)24-42(23-39,25-41)54-16-14-43-13-8-15-51/h6-7,9-12,17-19,43,51H,8,13-16,20-26H2,1-5H3,(H,52,53)(H,45,46,48)/t39-,40+,41?,42?. The highest BCUT2D eigenvalue weighted by atomic mass is 32.1. The van der Waals surface area contributed by atoms with Crippen molar-refractivity contribution in [3.63, 3.8) is 0 Å². The first-order chi connectivity index (χ1) is 26.3. The highest BCUT2D eigenvalue weighted by Crippen LogP contribution is 2.72. The molecule has 2 unspecified atom stereocenters. The SMILES string of the molecule is Cc1cc(N(C)c2ccc(-c3cnn(CC45CC6(OCCNCCCO)C[C@](C)(C4)C[C@](C)(C5)C6)c3C)c(C(=O)O)c2)nnc1Nc1nc2ccccc2s1. The van der Waals surface area contributed by atoms with Crippen LogP contribution in [0.2, 0.25) is 0 Å². The smallest absolute Gasteiger partial charge is 0.336 e. The molecule has 4 aliphatic carbocycles. The molecule has 4 N–H and O–H groups in total. The number of fused-ring (bicyclic) bond motifs is 1. The number of para-hydroxylation sites is 1. The molecule has 4 fully saturated rings. The molecule has 4 saturated carbocycles. The van der Waals surface area contributed by atoms with E-state index in [1.165, 1.54) is 6.42 Å². The van der Waals surface area contributed by atoms with E-state index in [2.05, 4.69) is 51.3 Å². The van der Waals surface area contributed by atoms with Gasteiger partial charge >= 0.3 is 5.97 Å². The van der Waals surface area contributed by atoms with E-state index >= 15 is 0 Å². The van der Waals surface area contributed by atoms with Crippen molar-refractivity contribution in [3.8, 4) is 11.1 Å². The van der Waals surface area contributed by atoms with Gasteiger partial charge in [-0.3, -0.25) is 4.68 Å². The summed E-state index contributed by atoms with van der Waals surface area (Å²) in [5.41, 5.74) is 5.49. The average molecular weight is 765 g/mol. The lowest BCUT2D eigenvalue weighted by Gasteiger charge is -2.69. The first-order valence-electron chi connectivity index (χ1n) is 19.4. The molecule has 290 valence electrons. The van der Waals surface area contributed by atoms with E-state index in [1.54, 1.807) is 17.4 Å². The molecule has 3 aromatic heterocycles. The zero-order valence-corrected chi connectivity index (χ0v) is 33.3. The molecule has 0 aliphatic heterocycles. The van der Waals surface area contributed by atoms with Crippen LogP contribution in [0.5, 0.6) is 0 Å². The third-order valence-corrected chi connectivity index (χ3v) is 13.1. The van der Waals surface area contributed by atoms with Crippen LogP contribution in [0.3, 0.4) is 0 Å². The zero-order chi connectivity index (χ0) is 38.6. The number of aryl methyl sites for hydroxylation is 1. The molecular weight excluding hydrogens is 713 g/mol. The van der Waals surface area contributed by atoms with Crippen LogP contribution >= 0.6 is 11.3 Å². The first-order valence-corrected chi connectivity index (χ1v) is 20.2. The number of anilines is 4. The fourth-order valence-electron chi connectivity index (χ4n) is 11.1. The van der Waals surface area contributed by atoms with Crippen molar-refractivity contribution in [2.24, 2.45) is 16.2 Å². The van der Waals surface area contributed by atoms with Crippen LogP contribution in [0.4, 0.5) is 22.5 Å². The van der Waals surface area contributed by atoms with E-state index in [-0.39, 0.29) is 34.0 Å². The fraction of sp³-hybridized carbons (Fsp3) is 0.500. The Morgan fingerprint density at radius 2 is 1.76 bits per heavy atom. The largest absolute Gasteiger partial charge is 0.478 e. The Kier molecular flexibility index (Phi) is 9.72. The van der Waals surface area contributed by atoms with E-state index in [1.807, 2.05) is 67.5 Å². The van der Waals surface area contributed by atoms with Crippen molar-refractivity contribution in [2.45, 2.75) is 84.8 Å². The molecule has 5 aromatic rings. The van der Waals surface area contributed by atoms with Crippen LogP contribution in [0, 0.1) is 30.1 Å². The summed E-state index contributed by atoms with van der Waals surface area (Å²) in [6.07, 6.45) is 9.30. The van der Waals surface area contributed by atoms with Gasteiger partial charge in [0.05, 0.1) is 34.2 Å². The van der Waals surface area contributed by atoms with Crippen LogP contribution in [-0.4, -0.2) is 80.1 Å². The van der Waals surface area contributed by atoms with Gasteiger partial charge in [0.15, 0.2) is 16.8 Å². The van der Waals surface area contributed by atoms with Gasteiger partial charge in [-0.25, -0.2) is 9.78 Å². The number of carbonyl (C=O) groups is 1. The summed E-state index contributed by atoms with van der Waals surface area (Å²) in [5, 5.41) is 40.9. The summed E-state index contributed by atoms with van der Waals surface area (Å²) in [5.74, 6) is 0.215. The Morgan fingerprint density at radius 3 is 2.49 bits per heavy atom. The molecule has 12 nitrogen and oxygen atoms in total. The number of hydrogen-bond acceptors (Lipinski definition) is 11. The Balaban J connectivity index is 1.00. The van der Waals surface area contributed by atoms with Gasteiger partial charge in [0.2, 0.25) is 0 Å². The number of thiazole rings is 1. The van der Waals surface area contributed by atoms with Gasteiger partial charge in [-0.15, -0.1) is 10.2 Å². The summed E-state index contributed by atoms with van der Waals surface area (Å²) < 4.78 is 10.0. The normalized spacial score (nSPS) is 25.5. The second-order valence-electron chi connectivity index (χ2n) is 17.3. The van der Waals surface area contributed by atoms with Gasteiger partial charge in [-0.1, -0.05) is 43.4 Å². The van der Waals surface area contributed by atoms with Gasteiger partial charge in [0.25, 0.3) is 0 Å². The van der Waals surface area contributed by atoms with Crippen LogP contribution in [0.25, 0.3) is 21.3 Å². The molecule has 0 spiro atoms. The number of rotatable bonds is 15. The third kappa shape index (κ3) is 7.35. The van der Waals surface area contributed by atoms with E-state index in [9.17, 15) is 9.90 Å². The highest BCUT2D eigenvalue weighted by molar-refractivity contribution is 7.22. The van der Waals surface area contributed by atoms with E-state index in [4.69, 9.17) is 14.9 Å². The number of carboxylic acids is 1. The summed E-state index contributed by atoms with van der Waals surface area (Å²) in [6, 6.07) is 15.4. The van der Waals surface area contributed by atoms with Crippen molar-refractivity contribution in [1.82, 2.24) is 30.3 Å². The minimum Gasteiger partial charge on any atom is -0.478 e. The predicted octanol–water partition coefficient (Wildman–Crippen LogP) is 7.88. The van der Waals surface area contributed by atoms with Gasteiger partial charge < -0.3 is 30.5 Å². The molecule has 9 rings (SSSR count). The average Bonchev–Trinajstić information content (AvgIpc) is 3.70. The molecule has 3 heterocycles. The van der Waals surface area contributed by atoms with Gasteiger partial charge in [-0.05, 0) is 123 Å². The highest BCUT2D eigenvalue weighted by Gasteiger charge is 2.66. The number of nitrogens with one attached hydrogen (secondary N) is 2. The van der Waals surface area contributed by atoms with Crippen molar-refractivity contribution in [3.05, 3.63) is 71.5 Å². The molecule has 4 aliphatic rings. The van der Waals surface area contributed by atoms with E-state index < -0.39 is 5.97 Å². The monoisotopic (exact) mass is 764 g/mol. The topological polar surface area (TPSA) is 151 Å². The number of aromatic carboxylic acids is 1. The fourth-order valence-corrected chi connectivity index (χ4v) is 11.9. The summed E-state index contributed by atoms with van der Waals surface area (Å²) >= 11 is 1.56. The van der Waals surface area contributed by atoms with Crippen LogP contribution in [-0.2, 0) is 11.3 Å². The van der Waals surface area contributed by atoms with Crippen LogP contribution in [0.1, 0.15) is 80.4 Å². The minimum absolute atomic E-state index is 0.0530. The van der Waals surface area contributed by atoms with Crippen molar-refractivity contribution in [1.29, 1.82) is 0 Å². The number of aliphatic hydroxyl groups is 1. The number of aromatic nitrogens is 5. The zero-order valence-electron chi connectivity index (χ0n) is 32.5. The molecule has 0 saturated heterocycles. The summed E-state index contributed by atoms with van der Waals surface area (Å²) in [4.78, 5) is 19.3. The quantitative estimate of drug-likeness (QED) is 0.0771. The maximum absolute atomic E-state index is 12.8. The summed E-state index contributed by atoms with van der Waals surface area (Å²) in [7, 11) is 1.87. The number of benzene rings is 2.